The van der Waals surface area contributed by atoms with Crippen molar-refractivity contribution in [1.82, 2.24) is 10.0 Å². The number of aliphatic carboxylic acids is 1. The molecule has 0 radical (unpaired) electrons. The van der Waals surface area contributed by atoms with E-state index in [0.29, 0.717) is 31.0 Å². The molecule has 0 unspecified atom stereocenters. The first-order valence-electron chi connectivity index (χ1n) is 10.8. The number of benzene rings is 3. The van der Waals surface area contributed by atoms with Crippen LogP contribution in [0.4, 0.5) is 0 Å². The van der Waals surface area contributed by atoms with Gasteiger partial charge in [0.15, 0.2) is 0 Å². The maximum Gasteiger partial charge on any atom is 0.307 e. The highest BCUT2D eigenvalue weighted by Gasteiger charge is 2.31. The molecular weight excluding hydrogens is 440 g/mol. The smallest absolute Gasteiger partial charge is 0.307 e. The van der Waals surface area contributed by atoms with Gasteiger partial charge in [-0.2, -0.15) is 0 Å². The summed E-state index contributed by atoms with van der Waals surface area (Å²) < 4.78 is 34.1. The Balaban J connectivity index is 1.46. The molecule has 0 bridgehead atoms. The number of carboxylic acids is 1. The van der Waals surface area contributed by atoms with Gasteiger partial charge in [0, 0.05) is 25.1 Å². The maximum absolute atomic E-state index is 12.9. The van der Waals surface area contributed by atoms with Crippen LogP contribution in [0.25, 0.3) is 0 Å². The molecule has 1 aliphatic rings. The maximum atomic E-state index is 12.9. The molecule has 2 atom stereocenters. The average Bonchev–Trinajstić information content (AvgIpc) is 2.84. The number of para-hydroxylation sites is 1. The second kappa shape index (κ2) is 10.2. The van der Waals surface area contributed by atoms with E-state index in [0.717, 1.165) is 11.1 Å². The summed E-state index contributed by atoms with van der Waals surface area (Å²) in [4.78, 5) is 11.8. The molecule has 0 saturated carbocycles. The molecule has 33 heavy (non-hydrogen) atoms. The first kappa shape index (κ1) is 23.0. The summed E-state index contributed by atoms with van der Waals surface area (Å²) in [5, 5.41) is 12.8. The number of rotatable bonds is 8. The van der Waals surface area contributed by atoms with Crippen LogP contribution in [-0.4, -0.2) is 32.6 Å². The summed E-state index contributed by atoms with van der Waals surface area (Å²) >= 11 is 0. The van der Waals surface area contributed by atoms with E-state index in [1.807, 2.05) is 42.5 Å². The monoisotopic (exact) mass is 466 g/mol. The number of hydrogen-bond donors (Lipinski definition) is 3. The number of hydrogen-bond acceptors (Lipinski definition) is 5. The van der Waals surface area contributed by atoms with Crippen molar-refractivity contribution in [3.63, 3.8) is 0 Å². The third kappa shape index (κ3) is 5.78. The number of carbonyl (C=O) groups is 1. The Morgan fingerprint density at radius 3 is 2.55 bits per heavy atom. The molecule has 0 amide bonds. The van der Waals surface area contributed by atoms with Crippen LogP contribution in [0.5, 0.6) is 11.5 Å². The van der Waals surface area contributed by atoms with Gasteiger partial charge in [0.05, 0.1) is 10.8 Å². The van der Waals surface area contributed by atoms with E-state index in [-0.39, 0.29) is 17.4 Å². The zero-order valence-corrected chi connectivity index (χ0v) is 18.8. The molecule has 4 rings (SSSR count). The minimum absolute atomic E-state index is 0.0951. The second-order valence-electron chi connectivity index (χ2n) is 8.00. The summed E-state index contributed by atoms with van der Waals surface area (Å²) in [7, 11) is -3.77. The molecule has 172 valence electrons. The lowest BCUT2D eigenvalue weighted by molar-refractivity contribution is -0.143. The molecule has 1 heterocycles. The number of carboxylic acid groups (broad SMARTS) is 1. The summed E-state index contributed by atoms with van der Waals surface area (Å²) in [6.07, 6.45) is 0.568. The topological polar surface area (TPSA) is 105 Å². The van der Waals surface area contributed by atoms with Gasteiger partial charge in [-0.3, -0.25) is 4.79 Å². The van der Waals surface area contributed by atoms with Crippen LogP contribution in [0, 0.1) is 5.92 Å². The van der Waals surface area contributed by atoms with E-state index >= 15 is 0 Å². The van der Waals surface area contributed by atoms with Crippen LogP contribution in [0.3, 0.4) is 0 Å². The summed E-state index contributed by atoms with van der Waals surface area (Å²) in [6.45, 7) is 1.36. The van der Waals surface area contributed by atoms with Crippen LogP contribution < -0.4 is 14.8 Å². The van der Waals surface area contributed by atoms with Crippen LogP contribution in [0.15, 0.2) is 83.8 Å². The molecule has 0 aromatic heterocycles. The molecule has 3 aromatic rings. The number of nitrogens with one attached hydrogen (secondary N) is 2. The first-order chi connectivity index (χ1) is 15.9. The van der Waals surface area contributed by atoms with E-state index in [4.69, 9.17) is 4.74 Å². The van der Waals surface area contributed by atoms with Gasteiger partial charge in [-0.15, -0.1) is 0 Å². The molecule has 3 aromatic carbocycles. The average molecular weight is 467 g/mol. The highest BCUT2D eigenvalue weighted by molar-refractivity contribution is 7.89. The standard InChI is InChI=1S/C25H26N2O5S/c28-25(29)23-12-13-26-17-24(23)19-7-4-6-18(14-19)16-27-33(30,31)22-11-5-10-21(15-22)32-20-8-2-1-3-9-20/h1-11,14-15,23-24,26-27H,12-13,16-17H2,(H,28,29)/t23-,24+/m1/s1. The minimum atomic E-state index is -3.77. The summed E-state index contributed by atoms with van der Waals surface area (Å²) in [5.41, 5.74) is 1.66. The Morgan fingerprint density at radius 1 is 1.00 bits per heavy atom. The quantitative estimate of drug-likeness (QED) is 0.467. The number of ether oxygens (including phenoxy) is 1. The lowest BCUT2D eigenvalue weighted by Gasteiger charge is -2.30. The van der Waals surface area contributed by atoms with E-state index < -0.39 is 21.9 Å². The summed E-state index contributed by atoms with van der Waals surface area (Å²) in [6, 6.07) is 22.9. The third-order valence-electron chi connectivity index (χ3n) is 5.74. The van der Waals surface area contributed by atoms with Crippen molar-refractivity contribution >= 4 is 16.0 Å². The van der Waals surface area contributed by atoms with Gasteiger partial charge in [-0.25, -0.2) is 13.1 Å². The third-order valence-corrected chi connectivity index (χ3v) is 7.14. The van der Waals surface area contributed by atoms with Crippen molar-refractivity contribution in [3.8, 4) is 11.5 Å². The van der Waals surface area contributed by atoms with Crippen molar-refractivity contribution in [2.45, 2.75) is 23.8 Å². The van der Waals surface area contributed by atoms with Crippen LogP contribution in [0.2, 0.25) is 0 Å². The molecule has 0 aliphatic carbocycles. The van der Waals surface area contributed by atoms with E-state index in [2.05, 4.69) is 10.0 Å². The minimum Gasteiger partial charge on any atom is -0.481 e. The predicted octanol–water partition coefficient (Wildman–Crippen LogP) is 3.74. The fourth-order valence-electron chi connectivity index (χ4n) is 4.03. The molecule has 1 aliphatic heterocycles. The molecule has 0 spiro atoms. The SMILES string of the molecule is O=C(O)[C@@H]1CCNC[C@H]1c1cccc(CNS(=O)(=O)c2cccc(Oc3ccccc3)c2)c1. The van der Waals surface area contributed by atoms with Crippen molar-refractivity contribution in [2.24, 2.45) is 5.92 Å². The van der Waals surface area contributed by atoms with E-state index in [1.165, 1.54) is 12.1 Å². The van der Waals surface area contributed by atoms with Crippen molar-refractivity contribution in [2.75, 3.05) is 13.1 Å². The van der Waals surface area contributed by atoms with Crippen LogP contribution in [-0.2, 0) is 21.4 Å². The number of sulfonamides is 1. The van der Waals surface area contributed by atoms with Gasteiger partial charge in [-0.1, -0.05) is 48.5 Å². The zero-order chi connectivity index (χ0) is 23.3. The Hall–Kier alpha value is -3.20. The molecule has 1 saturated heterocycles. The van der Waals surface area contributed by atoms with Crippen molar-refractivity contribution < 1.29 is 23.1 Å². The second-order valence-corrected chi connectivity index (χ2v) is 9.77. The van der Waals surface area contributed by atoms with Crippen molar-refractivity contribution in [1.29, 1.82) is 0 Å². The fraction of sp³-hybridized carbons (Fsp3) is 0.240. The van der Waals surface area contributed by atoms with E-state index in [1.54, 1.807) is 24.3 Å². The number of piperidine rings is 1. The fourth-order valence-corrected chi connectivity index (χ4v) is 5.08. The van der Waals surface area contributed by atoms with Gasteiger partial charge in [0.25, 0.3) is 0 Å². The van der Waals surface area contributed by atoms with Crippen LogP contribution >= 0.6 is 0 Å². The normalized spacial score (nSPS) is 18.5. The first-order valence-corrected chi connectivity index (χ1v) is 12.3. The van der Waals surface area contributed by atoms with Gasteiger partial charge >= 0.3 is 5.97 Å². The lowest BCUT2D eigenvalue weighted by Crippen LogP contribution is -2.38. The largest absolute Gasteiger partial charge is 0.481 e. The molecular formula is C25H26N2O5S. The Bertz CT molecular complexity index is 1210. The zero-order valence-electron chi connectivity index (χ0n) is 18.0. The van der Waals surface area contributed by atoms with Gasteiger partial charge < -0.3 is 15.2 Å². The highest BCUT2D eigenvalue weighted by atomic mass is 32.2. The summed E-state index contributed by atoms with van der Waals surface area (Å²) in [5.74, 6) is -0.361. The van der Waals surface area contributed by atoms with Gasteiger partial charge in [-0.05, 0) is 48.4 Å². The Kier molecular flexibility index (Phi) is 7.08. The lowest BCUT2D eigenvalue weighted by atomic mass is 9.81. The highest BCUT2D eigenvalue weighted by Crippen LogP contribution is 2.30. The molecule has 8 heteroatoms. The van der Waals surface area contributed by atoms with Gasteiger partial charge in [0.1, 0.15) is 11.5 Å². The Morgan fingerprint density at radius 2 is 1.76 bits per heavy atom. The molecule has 1 fully saturated rings. The van der Waals surface area contributed by atoms with Crippen molar-refractivity contribution in [3.05, 3.63) is 90.0 Å². The predicted molar refractivity (Wildman–Crippen MR) is 125 cm³/mol. The Labute approximate surface area is 193 Å². The van der Waals surface area contributed by atoms with E-state index in [9.17, 15) is 18.3 Å². The molecule has 3 N–H and O–H groups in total. The van der Waals surface area contributed by atoms with Gasteiger partial charge in [0.2, 0.25) is 10.0 Å². The van der Waals surface area contributed by atoms with Crippen LogP contribution in [0.1, 0.15) is 23.5 Å². The molecule has 7 nitrogen and oxygen atoms in total.